The molecule has 6 nitrogen and oxygen atoms in total. The van der Waals surface area contributed by atoms with Gasteiger partial charge in [-0.25, -0.2) is 0 Å². The fourth-order valence-electron chi connectivity index (χ4n) is 1.62. The van der Waals surface area contributed by atoms with Gasteiger partial charge in [-0.15, -0.1) is 0 Å². The third-order valence-electron chi connectivity index (χ3n) is 2.80. The first-order valence-electron chi connectivity index (χ1n) is 5.70. The lowest BCUT2D eigenvalue weighted by molar-refractivity contribution is -0.136. The first kappa shape index (κ1) is 13.3. The standard InChI is InChI=1S/C13H12N2O4/c14-15-6-11(16)13(9-19-13)12(17)8-18-7-10-4-2-1-3-5-10/h1-6H,7-9H2. The molecule has 6 heteroatoms. The summed E-state index contributed by atoms with van der Waals surface area (Å²) in [6.07, 6.45) is 0.669. The molecule has 19 heavy (non-hydrogen) atoms. The van der Waals surface area contributed by atoms with E-state index in [2.05, 4.69) is 4.79 Å². The maximum atomic E-state index is 11.8. The van der Waals surface area contributed by atoms with E-state index < -0.39 is 17.2 Å². The van der Waals surface area contributed by atoms with E-state index in [4.69, 9.17) is 15.0 Å². The molecule has 0 aliphatic carbocycles. The number of epoxide rings is 1. The number of rotatable bonds is 7. The van der Waals surface area contributed by atoms with Gasteiger partial charge >= 0.3 is 6.21 Å². The number of hydrogen-bond acceptors (Lipinski definition) is 4. The number of Topliss-reactive ketones (excluding diaryl/α,β-unsaturated/α-hetero) is 2. The average molecular weight is 260 g/mol. The second-order valence-electron chi connectivity index (χ2n) is 4.13. The quantitative estimate of drug-likeness (QED) is 0.233. The molecule has 0 aromatic heterocycles. The monoisotopic (exact) mass is 260 g/mol. The second kappa shape index (κ2) is 5.67. The summed E-state index contributed by atoms with van der Waals surface area (Å²) in [5, 5.41) is 0. The van der Waals surface area contributed by atoms with Crippen LogP contribution in [-0.2, 0) is 25.7 Å². The second-order valence-corrected chi connectivity index (χ2v) is 4.13. The molecule has 1 saturated heterocycles. The van der Waals surface area contributed by atoms with Crippen LogP contribution in [0.15, 0.2) is 30.3 Å². The highest BCUT2D eigenvalue weighted by atomic mass is 16.6. The zero-order valence-corrected chi connectivity index (χ0v) is 10.1. The summed E-state index contributed by atoms with van der Waals surface area (Å²) in [5.74, 6) is -1.13. The average Bonchev–Trinajstić information content (AvgIpc) is 3.22. The van der Waals surface area contributed by atoms with E-state index in [0.717, 1.165) is 5.56 Å². The number of hydrogen-bond donors (Lipinski definition) is 0. The number of ether oxygens (including phenoxy) is 2. The first-order chi connectivity index (χ1) is 9.19. The molecule has 0 radical (unpaired) electrons. The summed E-state index contributed by atoms with van der Waals surface area (Å²) in [7, 11) is 0. The third-order valence-corrected chi connectivity index (χ3v) is 2.80. The smallest absolute Gasteiger partial charge is 0.326 e. The highest BCUT2D eigenvalue weighted by Crippen LogP contribution is 2.28. The molecule has 2 rings (SSSR count). The Bertz CT molecular complexity index is 531. The van der Waals surface area contributed by atoms with Crippen LogP contribution in [0.2, 0.25) is 0 Å². The number of ketones is 2. The summed E-state index contributed by atoms with van der Waals surface area (Å²) >= 11 is 0. The van der Waals surface area contributed by atoms with Crippen LogP contribution >= 0.6 is 0 Å². The van der Waals surface area contributed by atoms with Gasteiger partial charge in [0.25, 0.3) is 5.78 Å². The van der Waals surface area contributed by atoms with Crippen molar-refractivity contribution in [2.75, 3.05) is 13.2 Å². The highest BCUT2D eigenvalue weighted by molar-refractivity contribution is 6.37. The van der Waals surface area contributed by atoms with E-state index in [0.29, 0.717) is 6.21 Å². The van der Waals surface area contributed by atoms with Crippen LogP contribution in [-0.4, -0.2) is 41.4 Å². The molecule has 1 aromatic rings. The van der Waals surface area contributed by atoms with Crippen LogP contribution in [0, 0.1) is 0 Å². The lowest BCUT2D eigenvalue weighted by atomic mass is 10.0. The van der Waals surface area contributed by atoms with Gasteiger partial charge in [0.1, 0.15) is 6.61 Å². The minimum atomic E-state index is -1.50. The lowest BCUT2D eigenvalue weighted by Crippen LogP contribution is -2.38. The zero-order chi connectivity index (χ0) is 13.7. The Morgan fingerprint density at radius 3 is 2.68 bits per heavy atom. The minimum Gasteiger partial charge on any atom is -0.369 e. The summed E-state index contributed by atoms with van der Waals surface area (Å²) < 4.78 is 10.1. The highest BCUT2D eigenvalue weighted by Gasteiger charge is 2.59. The van der Waals surface area contributed by atoms with Crippen molar-refractivity contribution in [3.63, 3.8) is 0 Å². The van der Waals surface area contributed by atoms with Crippen LogP contribution in [0.3, 0.4) is 0 Å². The molecule has 1 atom stereocenters. The molecule has 1 aromatic carbocycles. The molecule has 1 heterocycles. The van der Waals surface area contributed by atoms with Gasteiger partial charge in [-0.3, -0.25) is 9.59 Å². The Hall–Kier alpha value is -2.14. The Morgan fingerprint density at radius 1 is 1.42 bits per heavy atom. The molecule has 0 N–H and O–H groups in total. The minimum absolute atomic E-state index is 0.00534. The van der Waals surface area contributed by atoms with Gasteiger partial charge < -0.3 is 15.0 Å². The number of carbonyl (C=O) groups is 2. The number of carbonyl (C=O) groups excluding carboxylic acids is 2. The van der Waals surface area contributed by atoms with Crippen molar-refractivity contribution in [3.8, 4) is 0 Å². The van der Waals surface area contributed by atoms with Gasteiger partial charge in [0.2, 0.25) is 11.4 Å². The number of nitrogens with zero attached hydrogens (tertiary/aromatic N) is 2. The van der Waals surface area contributed by atoms with E-state index in [9.17, 15) is 9.59 Å². The maximum Gasteiger partial charge on any atom is 0.326 e. The Kier molecular flexibility index (Phi) is 3.97. The molecule has 0 spiro atoms. The number of benzene rings is 1. The molecule has 0 bridgehead atoms. The largest absolute Gasteiger partial charge is 0.369 e. The van der Waals surface area contributed by atoms with Gasteiger partial charge in [-0.1, -0.05) is 30.3 Å². The van der Waals surface area contributed by atoms with Crippen molar-refractivity contribution < 1.29 is 23.9 Å². The molecule has 1 unspecified atom stereocenters. The van der Waals surface area contributed by atoms with Crippen LogP contribution < -0.4 is 0 Å². The molecule has 1 aliphatic heterocycles. The lowest BCUT2D eigenvalue weighted by Gasteiger charge is -2.06. The van der Waals surface area contributed by atoms with E-state index in [-0.39, 0.29) is 19.8 Å². The fraction of sp³-hybridized carbons (Fsp3) is 0.308. The zero-order valence-electron chi connectivity index (χ0n) is 10.1. The van der Waals surface area contributed by atoms with Crippen molar-refractivity contribution in [3.05, 3.63) is 41.4 Å². The predicted octanol–water partition coefficient (Wildman–Crippen LogP) is 0.411. The molecule has 0 amide bonds. The van der Waals surface area contributed by atoms with Gasteiger partial charge in [-0.2, -0.15) is 4.79 Å². The topological polar surface area (TPSA) is 92.3 Å². The third kappa shape index (κ3) is 3.00. The van der Waals surface area contributed by atoms with Crippen molar-refractivity contribution >= 4 is 17.8 Å². The van der Waals surface area contributed by atoms with E-state index in [1.165, 1.54) is 0 Å². The normalized spacial score (nSPS) is 20.4. The van der Waals surface area contributed by atoms with Crippen molar-refractivity contribution in [2.45, 2.75) is 12.2 Å². The van der Waals surface area contributed by atoms with Crippen LogP contribution in [0.5, 0.6) is 0 Å². The van der Waals surface area contributed by atoms with Gasteiger partial charge in [-0.05, 0) is 5.56 Å². The molecular formula is C13H12N2O4. The van der Waals surface area contributed by atoms with E-state index in [1.807, 2.05) is 30.3 Å². The fourth-order valence-corrected chi connectivity index (χ4v) is 1.62. The summed E-state index contributed by atoms with van der Waals surface area (Å²) in [6, 6.07) is 9.37. The first-order valence-corrected chi connectivity index (χ1v) is 5.70. The predicted molar refractivity (Wildman–Crippen MR) is 64.5 cm³/mol. The van der Waals surface area contributed by atoms with Crippen molar-refractivity contribution in [1.29, 1.82) is 0 Å². The molecule has 1 aliphatic rings. The van der Waals surface area contributed by atoms with E-state index in [1.54, 1.807) is 0 Å². The SMILES string of the molecule is [N-]=[N+]=CC(=O)C1(C(=O)COCc2ccccc2)CO1. The van der Waals surface area contributed by atoms with Crippen LogP contribution in [0.1, 0.15) is 5.56 Å². The summed E-state index contributed by atoms with van der Waals surface area (Å²) in [6.45, 7) is 0.0657. The van der Waals surface area contributed by atoms with Gasteiger partial charge in [0, 0.05) is 0 Å². The van der Waals surface area contributed by atoms with Gasteiger partial charge in [0.05, 0.1) is 13.2 Å². The van der Waals surface area contributed by atoms with Crippen molar-refractivity contribution in [2.24, 2.45) is 0 Å². The summed E-state index contributed by atoms with van der Waals surface area (Å²) in [5.41, 5.74) is 7.72. The Balaban J connectivity index is 1.85. The molecule has 98 valence electrons. The van der Waals surface area contributed by atoms with E-state index >= 15 is 0 Å². The Morgan fingerprint density at radius 2 is 2.11 bits per heavy atom. The Labute approximate surface area is 109 Å². The van der Waals surface area contributed by atoms with Crippen LogP contribution in [0.4, 0.5) is 0 Å². The molecular weight excluding hydrogens is 248 g/mol. The summed E-state index contributed by atoms with van der Waals surface area (Å²) in [4.78, 5) is 25.9. The van der Waals surface area contributed by atoms with Crippen LogP contribution in [0.25, 0.3) is 5.53 Å². The van der Waals surface area contributed by atoms with Crippen molar-refractivity contribution in [1.82, 2.24) is 0 Å². The van der Waals surface area contributed by atoms with Gasteiger partial charge in [0.15, 0.2) is 0 Å². The molecule has 0 saturated carbocycles. The molecule has 1 fully saturated rings. The maximum absolute atomic E-state index is 11.8.